The number of carbonyl (C=O) groups is 1. The maximum absolute atomic E-state index is 11.4. The van der Waals surface area contributed by atoms with E-state index >= 15 is 0 Å². The Labute approximate surface area is 103 Å². The lowest BCUT2D eigenvalue weighted by Crippen LogP contribution is -2.25. The fraction of sp³-hybridized carbons (Fsp3) is 0.462. The first-order valence-electron chi connectivity index (χ1n) is 5.57. The average Bonchev–Trinajstić information content (AvgIpc) is 2.28. The van der Waals surface area contributed by atoms with Crippen molar-refractivity contribution in [3.05, 3.63) is 29.8 Å². The zero-order valence-corrected chi connectivity index (χ0v) is 11.1. The second-order valence-corrected chi connectivity index (χ2v) is 4.47. The largest absolute Gasteiger partial charge is 0.414 e. The molecule has 94 valence electrons. The normalized spacial score (nSPS) is 12.4. The van der Waals surface area contributed by atoms with Crippen LogP contribution in [0.2, 0.25) is 0 Å². The van der Waals surface area contributed by atoms with Crippen LogP contribution in [0.25, 0.3) is 0 Å². The van der Waals surface area contributed by atoms with Gasteiger partial charge in [-0.1, -0.05) is 12.1 Å². The average molecular weight is 236 g/mol. The molecular formula is C13H20N2O2. The predicted molar refractivity (Wildman–Crippen MR) is 68.3 cm³/mol. The molecule has 0 saturated carbocycles. The van der Waals surface area contributed by atoms with Gasteiger partial charge in [-0.15, -0.1) is 0 Å². The maximum atomic E-state index is 11.4. The number of hydrogen-bond donors (Lipinski definition) is 0. The Morgan fingerprint density at radius 3 is 2.41 bits per heavy atom. The summed E-state index contributed by atoms with van der Waals surface area (Å²) in [6, 6.07) is 7.89. The molecule has 0 aromatic heterocycles. The third-order valence-electron chi connectivity index (χ3n) is 2.69. The third kappa shape index (κ3) is 3.75. The highest BCUT2D eigenvalue weighted by Crippen LogP contribution is 2.22. The maximum Gasteiger partial charge on any atom is 0.414 e. The Balaban J connectivity index is 2.83. The molecule has 0 aliphatic heterocycles. The van der Waals surface area contributed by atoms with Crippen LogP contribution in [0.5, 0.6) is 5.75 Å². The second-order valence-electron chi connectivity index (χ2n) is 4.47. The standard InChI is InChI=1S/C13H20N2O2/c1-10(14(2)3)11-7-6-8-12(9-11)17-13(16)15(4)5/h6-10H,1-5H3/t10-/m0/s1. The lowest BCUT2D eigenvalue weighted by Gasteiger charge is -2.20. The predicted octanol–water partition coefficient (Wildman–Crippen LogP) is 2.37. The van der Waals surface area contributed by atoms with Gasteiger partial charge in [0.05, 0.1) is 0 Å². The Morgan fingerprint density at radius 2 is 1.88 bits per heavy atom. The first-order valence-corrected chi connectivity index (χ1v) is 5.57. The molecule has 0 saturated heterocycles. The molecule has 0 fully saturated rings. The molecule has 0 heterocycles. The van der Waals surface area contributed by atoms with E-state index in [9.17, 15) is 4.79 Å². The molecule has 0 spiro atoms. The van der Waals surface area contributed by atoms with E-state index in [0.717, 1.165) is 5.56 Å². The number of amides is 1. The minimum Gasteiger partial charge on any atom is -0.410 e. The molecular weight excluding hydrogens is 216 g/mol. The number of nitrogens with zero attached hydrogens (tertiary/aromatic N) is 2. The Bertz CT molecular complexity index is 389. The van der Waals surface area contributed by atoms with E-state index in [-0.39, 0.29) is 12.1 Å². The minimum absolute atomic E-state index is 0.285. The van der Waals surface area contributed by atoms with Gasteiger partial charge in [0.1, 0.15) is 5.75 Å². The Kier molecular flexibility index (Phi) is 4.52. The number of hydrogen-bond acceptors (Lipinski definition) is 3. The molecule has 1 rings (SSSR count). The molecule has 17 heavy (non-hydrogen) atoms. The first-order chi connectivity index (χ1) is 7.91. The minimum atomic E-state index is -0.361. The van der Waals surface area contributed by atoms with Crippen LogP contribution in [0.4, 0.5) is 4.79 Å². The van der Waals surface area contributed by atoms with Gasteiger partial charge in [0.2, 0.25) is 0 Å². The monoisotopic (exact) mass is 236 g/mol. The van der Waals surface area contributed by atoms with Crippen molar-refractivity contribution >= 4 is 6.09 Å². The molecule has 0 N–H and O–H groups in total. The van der Waals surface area contributed by atoms with Crippen LogP contribution in [-0.2, 0) is 0 Å². The van der Waals surface area contributed by atoms with Crippen LogP contribution in [0.15, 0.2) is 24.3 Å². The van der Waals surface area contributed by atoms with Crippen molar-refractivity contribution in [1.29, 1.82) is 0 Å². The smallest absolute Gasteiger partial charge is 0.410 e. The lowest BCUT2D eigenvalue weighted by atomic mass is 10.1. The Morgan fingerprint density at radius 1 is 1.24 bits per heavy atom. The van der Waals surface area contributed by atoms with Gasteiger partial charge in [-0.3, -0.25) is 0 Å². The van der Waals surface area contributed by atoms with Crippen LogP contribution >= 0.6 is 0 Å². The molecule has 0 unspecified atom stereocenters. The Hall–Kier alpha value is -1.55. The number of rotatable bonds is 3. The molecule has 0 aliphatic carbocycles. The summed E-state index contributed by atoms with van der Waals surface area (Å²) >= 11 is 0. The van der Waals surface area contributed by atoms with Crippen LogP contribution in [0.1, 0.15) is 18.5 Å². The number of ether oxygens (including phenoxy) is 1. The topological polar surface area (TPSA) is 32.8 Å². The van der Waals surface area contributed by atoms with Gasteiger partial charge in [-0.2, -0.15) is 0 Å². The molecule has 1 amide bonds. The summed E-state index contributed by atoms with van der Waals surface area (Å²) in [4.78, 5) is 14.9. The van der Waals surface area contributed by atoms with Crippen molar-refractivity contribution in [2.45, 2.75) is 13.0 Å². The summed E-state index contributed by atoms with van der Waals surface area (Å²) < 4.78 is 5.21. The fourth-order valence-corrected chi connectivity index (χ4v) is 1.33. The van der Waals surface area contributed by atoms with Gasteiger partial charge >= 0.3 is 6.09 Å². The van der Waals surface area contributed by atoms with E-state index in [1.807, 2.05) is 32.3 Å². The molecule has 0 aliphatic rings. The second kappa shape index (κ2) is 5.68. The molecule has 4 heteroatoms. The van der Waals surface area contributed by atoms with Crippen molar-refractivity contribution in [2.24, 2.45) is 0 Å². The molecule has 1 aromatic carbocycles. The van der Waals surface area contributed by atoms with Gasteiger partial charge in [0.15, 0.2) is 0 Å². The van der Waals surface area contributed by atoms with E-state index in [1.54, 1.807) is 20.2 Å². The summed E-state index contributed by atoms with van der Waals surface area (Å²) in [7, 11) is 7.36. The van der Waals surface area contributed by atoms with E-state index in [2.05, 4.69) is 11.8 Å². The fourth-order valence-electron chi connectivity index (χ4n) is 1.33. The summed E-state index contributed by atoms with van der Waals surface area (Å²) in [5.41, 5.74) is 1.12. The first kappa shape index (κ1) is 13.5. The highest BCUT2D eigenvalue weighted by Gasteiger charge is 2.11. The molecule has 1 atom stereocenters. The van der Waals surface area contributed by atoms with Crippen molar-refractivity contribution in [2.75, 3.05) is 28.2 Å². The van der Waals surface area contributed by atoms with Gasteiger partial charge < -0.3 is 14.5 Å². The summed E-state index contributed by atoms with van der Waals surface area (Å²) in [5.74, 6) is 0.579. The zero-order valence-electron chi connectivity index (χ0n) is 11.1. The lowest BCUT2D eigenvalue weighted by molar-refractivity contribution is 0.172. The van der Waals surface area contributed by atoms with Crippen LogP contribution in [0, 0.1) is 0 Å². The van der Waals surface area contributed by atoms with Crippen LogP contribution < -0.4 is 4.74 Å². The molecule has 1 aromatic rings. The zero-order chi connectivity index (χ0) is 13.0. The molecule has 0 bridgehead atoms. The third-order valence-corrected chi connectivity index (χ3v) is 2.69. The number of benzene rings is 1. The summed E-state index contributed by atoms with van der Waals surface area (Å²) in [6.07, 6.45) is -0.361. The van der Waals surface area contributed by atoms with Crippen molar-refractivity contribution in [3.8, 4) is 5.75 Å². The van der Waals surface area contributed by atoms with E-state index < -0.39 is 0 Å². The van der Waals surface area contributed by atoms with Crippen molar-refractivity contribution < 1.29 is 9.53 Å². The van der Waals surface area contributed by atoms with E-state index in [4.69, 9.17) is 4.74 Å². The number of carbonyl (C=O) groups excluding carboxylic acids is 1. The van der Waals surface area contributed by atoms with Gasteiger partial charge in [0.25, 0.3) is 0 Å². The molecule has 0 radical (unpaired) electrons. The molecule has 4 nitrogen and oxygen atoms in total. The quantitative estimate of drug-likeness (QED) is 0.807. The summed E-state index contributed by atoms with van der Waals surface area (Å²) in [5, 5.41) is 0. The highest BCUT2D eigenvalue weighted by atomic mass is 16.6. The van der Waals surface area contributed by atoms with Crippen LogP contribution in [0.3, 0.4) is 0 Å². The van der Waals surface area contributed by atoms with E-state index in [1.165, 1.54) is 4.90 Å². The highest BCUT2D eigenvalue weighted by molar-refractivity contribution is 5.70. The van der Waals surface area contributed by atoms with Gasteiger partial charge in [0, 0.05) is 20.1 Å². The van der Waals surface area contributed by atoms with Gasteiger partial charge in [-0.05, 0) is 38.7 Å². The van der Waals surface area contributed by atoms with Gasteiger partial charge in [-0.25, -0.2) is 4.79 Å². The summed E-state index contributed by atoms with van der Waals surface area (Å²) in [6.45, 7) is 2.10. The van der Waals surface area contributed by atoms with Crippen LogP contribution in [-0.4, -0.2) is 44.1 Å². The van der Waals surface area contributed by atoms with E-state index in [0.29, 0.717) is 5.75 Å². The van der Waals surface area contributed by atoms with Crippen molar-refractivity contribution in [1.82, 2.24) is 9.80 Å². The van der Waals surface area contributed by atoms with Crippen molar-refractivity contribution in [3.63, 3.8) is 0 Å². The SMILES string of the molecule is C[C@@H](c1cccc(OC(=O)N(C)C)c1)N(C)C.